The molecule has 38 heavy (non-hydrogen) atoms. The van der Waals surface area contributed by atoms with Gasteiger partial charge in [0.1, 0.15) is 10.8 Å². The number of hydrogen-bond acceptors (Lipinski definition) is 5. The Kier molecular flexibility index (Phi) is 5.86. The van der Waals surface area contributed by atoms with Crippen LogP contribution in [0.2, 0.25) is 5.15 Å². The van der Waals surface area contributed by atoms with Crippen molar-refractivity contribution < 1.29 is 31.1 Å². The van der Waals surface area contributed by atoms with E-state index in [4.69, 9.17) is 11.6 Å². The van der Waals surface area contributed by atoms with Crippen LogP contribution in [0.25, 0.3) is 27.4 Å². The molecule has 0 bridgehead atoms. The van der Waals surface area contributed by atoms with E-state index in [1.807, 2.05) is 0 Å². The highest BCUT2D eigenvalue weighted by molar-refractivity contribution is 6.34. The molecule has 5 aromatic rings. The number of carbonyl (C=O) groups is 1. The summed E-state index contributed by atoms with van der Waals surface area (Å²) in [4.78, 5) is 34.5. The average molecular weight is 553 g/mol. The number of H-pyrrole nitrogens is 1. The summed E-state index contributed by atoms with van der Waals surface area (Å²) in [7, 11) is 0. The standard InChI is InChI=1S/C23H11ClF6N6O2/c24-19-13-6-10(8-32-15(13)7-17(35-19)22(25,26)27)34-21(38)14-9-33-36(18(14)23(28,29)30)16-3-1-2-12-11(16)4-5-31-20(12)37/h1-9H,(H,31,37)(H,34,38). The highest BCUT2D eigenvalue weighted by Crippen LogP contribution is 2.36. The Bertz CT molecular complexity index is 1790. The lowest BCUT2D eigenvalue weighted by molar-refractivity contribution is -0.143. The molecule has 2 N–H and O–H groups in total. The zero-order valence-electron chi connectivity index (χ0n) is 18.4. The fourth-order valence-electron chi connectivity index (χ4n) is 3.85. The number of aromatic nitrogens is 5. The minimum absolute atomic E-state index is 0.0646. The van der Waals surface area contributed by atoms with Gasteiger partial charge in [0.25, 0.3) is 11.5 Å². The third kappa shape index (κ3) is 4.42. The van der Waals surface area contributed by atoms with E-state index in [0.717, 1.165) is 12.3 Å². The third-order valence-corrected chi connectivity index (χ3v) is 5.77. The number of amides is 1. The fourth-order valence-corrected chi connectivity index (χ4v) is 4.10. The molecule has 0 saturated carbocycles. The maximum Gasteiger partial charge on any atom is 0.434 e. The molecule has 0 spiro atoms. The van der Waals surface area contributed by atoms with Gasteiger partial charge in [-0.05, 0) is 30.3 Å². The molecule has 4 aromatic heterocycles. The normalized spacial score (nSPS) is 12.3. The molecule has 8 nitrogen and oxygen atoms in total. The molecule has 0 fully saturated rings. The maximum absolute atomic E-state index is 14.2. The summed E-state index contributed by atoms with van der Waals surface area (Å²) in [6.45, 7) is 0. The summed E-state index contributed by atoms with van der Waals surface area (Å²) in [6, 6.07) is 7.28. The Morgan fingerprint density at radius 1 is 0.974 bits per heavy atom. The van der Waals surface area contributed by atoms with Gasteiger partial charge in [0.15, 0.2) is 5.69 Å². The van der Waals surface area contributed by atoms with Gasteiger partial charge in [0.05, 0.1) is 34.8 Å². The number of rotatable bonds is 3. The molecule has 0 atom stereocenters. The van der Waals surface area contributed by atoms with Gasteiger partial charge in [-0.15, -0.1) is 0 Å². The first-order valence-electron chi connectivity index (χ1n) is 10.5. The summed E-state index contributed by atoms with van der Waals surface area (Å²) in [5.74, 6) is -1.22. The van der Waals surface area contributed by atoms with Crippen LogP contribution in [0.5, 0.6) is 0 Å². The molecule has 0 aliphatic heterocycles. The smallest absolute Gasteiger partial charge is 0.329 e. The van der Waals surface area contributed by atoms with Crippen LogP contribution in [-0.4, -0.2) is 30.6 Å². The predicted molar refractivity (Wildman–Crippen MR) is 124 cm³/mol. The second kappa shape index (κ2) is 8.83. The molecule has 0 aliphatic carbocycles. The number of alkyl halides is 6. The molecule has 194 valence electrons. The monoisotopic (exact) mass is 552 g/mol. The number of hydrogen-bond donors (Lipinski definition) is 2. The van der Waals surface area contributed by atoms with Crippen LogP contribution in [-0.2, 0) is 12.4 Å². The number of aromatic amines is 1. The summed E-state index contributed by atoms with van der Waals surface area (Å²) in [6.07, 6.45) is -6.88. The Morgan fingerprint density at radius 2 is 1.74 bits per heavy atom. The number of pyridine rings is 3. The summed E-state index contributed by atoms with van der Waals surface area (Å²) in [5, 5.41) is 5.64. The molecule has 0 saturated heterocycles. The molecule has 0 unspecified atom stereocenters. The first kappa shape index (κ1) is 25.2. The Labute approximate surface area is 211 Å². The Hall–Kier alpha value is -4.46. The minimum atomic E-state index is -5.05. The fraction of sp³-hybridized carbons (Fsp3) is 0.0870. The molecule has 5 rings (SSSR count). The van der Waals surface area contributed by atoms with Crippen molar-refractivity contribution in [3.63, 3.8) is 0 Å². The summed E-state index contributed by atoms with van der Waals surface area (Å²) in [5.41, 5.74) is -4.50. The number of nitrogens with one attached hydrogen (secondary N) is 2. The van der Waals surface area contributed by atoms with Gasteiger partial charge >= 0.3 is 12.4 Å². The quantitative estimate of drug-likeness (QED) is 0.224. The molecule has 0 radical (unpaired) electrons. The van der Waals surface area contributed by atoms with Gasteiger partial charge in [0, 0.05) is 22.4 Å². The topological polar surface area (TPSA) is 106 Å². The van der Waals surface area contributed by atoms with Gasteiger partial charge in [-0.1, -0.05) is 17.7 Å². The summed E-state index contributed by atoms with van der Waals surface area (Å²) >= 11 is 5.86. The van der Waals surface area contributed by atoms with E-state index in [2.05, 4.69) is 25.4 Å². The summed E-state index contributed by atoms with van der Waals surface area (Å²) < 4.78 is 81.9. The number of anilines is 1. The number of nitrogens with zero attached hydrogens (tertiary/aromatic N) is 4. The molecule has 0 aliphatic rings. The van der Waals surface area contributed by atoms with E-state index < -0.39 is 45.9 Å². The van der Waals surface area contributed by atoms with Crippen molar-refractivity contribution >= 4 is 44.9 Å². The second-order valence-electron chi connectivity index (χ2n) is 7.90. The maximum atomic E-state index is 14.2. The zero-order valence-corrected chi connectivity index (χ0v) is 19.2. The lowest BCUT2D eigenvalue weighted by Gasteiger charge is -2.14. The molecule has 1 amide bonds. The van der Waals surface area contributed by atoms with Crippen molar-refractivity contribution in [2.75, 3.05) is 5.32 Å². The largest absolute Gasteiger partial charge is 0.434 e. The predicted octanol–water partition coefficient (Wildman–Crippen LogP) is 5.60. The Balaban J connectivity index is 1.56. The highest BCUT2D eigenvalue weighted by atomic mass is 35.5. The van der Waals surface area contributed by atoms with Crippen molar-refractivity contribution in [2.24, 2.45) is 0 Å². The SMILES string of the molecule is O=C(Nc1cnc2cc(C(F)(F)F)nc(Cl)c2c1)c1cnn(-c2cccc3c(=O)[nH]ccc23)c1C(F)(F)F. The van der Waals surface area contributed by atoms with E-state index in [1.54, 1.807) is 0 Å². The van der Waals surface area contributed by atoms with Gasteiger partial charge in [-0.25, -0.2) is 9.67 Å². The molecular formula is C23H11ClF6N6O2. The van der Waals surface area contributed by atoms with E-state index >= 15 is 0 Å². The van der Waals surface area contributed by atoms with E-state index in [9.17, 15) is 35.9 Å². The molecular weight excluding hydrogens is 542 g/mol. The Morgan fingerprint density at radius 3 is 2.45 bits per heavy atom. The van der Waals surface area contributed by atoms with Crippen molar-refractivity contribution in [3.05, 3.63) is 87.4 Å². The molecule has 15 heteroatoms. The third-order valence-electron chi connectivity index (χ3n) is 5.48. The van der Waals surface area contributed by atoms with Gasteiger partial charge in [-0.2, -0.15) is 31.4 Å². The second-order valence-corrected chi connectivity index (χ2v) is 8.26. The lowest BCUT2D eigenvalue weighted by Crippen LogP contribution is -2.21. The van der Waals surface area contributed by atoms with Crippen molar-refractivity contribution in [1.29, 1.82) is 0 Å². The van der Waals surface area contributed by atoms with E-state index in [-0.39, 0.29) is 33.1 Å². The minimum Gasteiger partial charge on any atom is -0.329 e. The van der Waals surface area contributed by atoms with E-state index in [1.165, 1.54) is 30.5 Å². The number of halogens is 7. The van der Waals surface area contributed by atoms with Crippen LogP contribution >= 0.6 is 11.6 Å². The van der Waals surface area contributed by atoms with Crippen LogP contribution < -0.4 is 10.9 Å². The van der Waals surface area contributed by atoms with Crippen LogP contribution in [0, 0.1) is 0 Å². The zero-order chi connectivity index (χ0) is 27.4. The number of carbonyl (C=O) groups excluding carboxylic acids is 1. The van der Waals surface area contributed by atoms with Crippen molar-refractivity contribution in [3.8, 4) is 5.69 Å². The van der Waals surface area contributed by atoms with Crippen LogP contribution in [0.4, 0.5) is 32.0 Å². The lowest BCUT2D eigenvalue weighted by atomic mass is 10.1. The molecule has 4 heterocycles. The average Bonchev–Trinajstić information content (AvgIpc) is 3.30. The number of benzene rings is 1. The van der Waals surface area contributed by atoms with Crippen LogP contribution in [0.1, 0.15) is 21.7 Å². The van der Waals surface area contributed by atoms with E-state index in [0.29, 0.717) is 16.9 Å². The molecule has 1 aromatic carbocycles. The first-order valence-corrected chi connectivity index (χ1v) is 10.8. The van der Waals surface area contributed by atoms with Crippen LogP contribution in [0.15, 0.2) is 59.8 Å². The van der Waals surface area contributed by atoms with Gasteiger partial charge in [-0.3, -0.25) is 14.6 Å². The van der Waals surface area contributed by atoms with Crippen molar-refractivity contribution in [2.45, 2.75) is 12.4 Å². The van der Waals surface area contributed by atoms with Crippen LogP contribution in [0.3, 0.4) is 0 Å². The first-order chi connectivity index (χ1) is 17.8. The van der Waals surface area contributed by atoms with Gasteiger partial charge in [0.2, 0.25) is 0 Å². The highest BCUT2D eigenvalue weighted by Gasteiger charge is 2.41. The van der Waals surface area contributed by atoms with Gasteiger partial charge < -0.3 is 10.3 Å². The number of fused-ring (bicyclic) bond motifs is 2. The van der Waals surface area contributed by atoms with Crippen molar-refractivity contribution in [1.82, 2.24) is 24.7 Å².